The van der Waals surface area contributed by atoms with E-state index in [1.165, 1.54) is 19.3 Å². The highest BCUT2D eigenvalue weighted by atomic mass is 16.6. The lowest BCUT2D eigenvalue weighted by Gasteiger charge is -2.57. The van der Waals surface area contributed by atoms with Gasteiger partial charge in [-0.05, 0) is 108 Å². The first-order valence-corrected chi connectivity index (χ1v) is 13.3. The third-order valence-electron chi connectivity index (χ3n) is 7.80. The molecule has 2 atom stereocenters. The van der Waals surface area contributed by atoms with Gasteiger partial charge in [-0.1, -0.05) is 0 Å². The summed E-state index contributed by atoms with van der Waals surface area (Å²) in [6.45, 7) is 5.06. The van der Waals surface area contributed by atoms with Gasteiger partial charge in [0.15, 0.2) is 0 Å². The van der Waals surface area contributed by atoms with Crippen LogP contribution in [0.4, 0.5) is 4.79 Å². The molecule has 4 aliphatic carbocycles. The van der Waals surface area contributed by atoms with Gasteiger partial charge in [0.2, 0.25) is 11.8 Å². The van der Waals surface area contributed by atoms with Gasteiger partial charge in [0.05, 0.1) is 6.61 Å². The molecule has 0 spiro atoms. The number of ether oxygens (including phenoxy) is 2. The fourth-order valence-electron chi connectivity index (χ4n) is 6.91. The SMILES string of the molecule is CC(C)(C)OC(=O)C(=O)N[C@@H](CC12CC3CC(CC(C3)C1)C2)C(=O)N[C@@H](CCCCOC(N)=O)C(N)=O. The van der Waals surface area contributed by atoms with Crippen molar-refractivity contribution in [2.24, 2.45) is 34.6 Å². The van der Waals surface area contributed by atoms with E-state index in [4.69, 9.17) is 16.2 Å². The van der Waals surface area contributed by atoms with Gasteiger partial charge >= 0.3 is 18.0 Å². The van der Waals surface area contributed by atoms with Crippen molar-refractivity contribution in [1.29, 1.82) is 0 Å². The van der Waals surface area contributed by atoms with Crippen molar-refractivity contribution < 1.29 is 33.4 Å². The smallest absolute Gasteiger partial charge is 0.404 e. The highest BCUT2D eigenvalue weighted by Crippen LogP contribution is 2.61. The summed E-state index contributed by atoms with van der Waals surface area (Å²) >= 11 is 0. The quantitative estimate of drug-likeness (QED) is 0.181. The first kappa shape index (κ1) is 28.7. The van der Waals surface area contributed by atoms with Gasteiger partial charge in [-0.15, -0.1) is 0 Å². The molecule has 0 aromatic heterocycles. The minimum absolute atomic E-state index is 0.0771. The van der Waals surface area contributed by atoms with Crippen LogP contribution in [0.3, 0.4) is 0 Å². The molecule has 0 aromatic rings. The molecule has 0 aliphatic heterocycles. The van der Waals surface area contributed by atoms with E-state index in [9.17, 15) is 24.0 Å². The van der Waals surface area contributed by atoms with Crippen LogP contribution in [0.1, 0.15) is 85.0 Å². The molecule has 4 bridgehead atoms. The molecular formula is C26H42N4O7. The Labute approximate surface area is 218 Å². The summed E-state index contributed by atoms with van der Waals surface area (Å²) in [4.78, 5) is 61.3. The normalized spacial score (nSPS) is 27.6. The topological polar surface area (TPSA) is 180 Å². The molecule has 0 radical (unpaired) electrons. The van der Waals surface area contributed by atoms with Gasteiger partial charge in [-0.3, -0.25) is 14.4 Å². The number of amides is 4. The van der Waals surface area contributed by atoms with Gasteiger partial charge < -0.3 is 31.6 Å². The van der Waals surface area contributed by atoms with Crippen molar-refractivity contribution in [2.75, 3.05) is 6.61 Å². The highest BCUT2D eigenvalue weighted by molar-refractivity contribution is 6.33. The number of rotatable bonds is 11. The molecule has 11 nitrogen and oxygen atoms in total. The van der Waals surface area contributed by atoms with Gasteiger partial charge in [-0.2, -0.15) is 0 Å². The standard InChI is InChI=1S/C26H42N4O7/c1-25(2,3)37-23(34)22(33)30-19(14-26-11-15-8-16(12-26)10-17(9-15)13-26)21(32)29-18(20(27)31)6-4-5-7-36-24(28)35/h15-19H,4-14H2,1-3H3,(H2,27,31)(H2,28,35)(H,29,32)(H,30,33)/t15?,16?,17?,18-,19-,26?/m0/s1. The van der Waals surface area contributed by atoms with Gasteiger partial charge in [0, 0.05) is 0 Å². The summed E-state index contributed by atoms with van der Waals surface area (Å²) in [7, 11) is 0. The number of carbonyl (C=O) groups is 5. The van der Waals surface area contributed by atoms with E-state index in [-0.39, 0.29) is 18.4 Å². The fraction of sp³-hybridized carbons (Fsp3) is 0.808. The van der Waals surface area contributed by atoms with Crippen LogP contribution in [-0.4, -0.2) is 54.1 Å². The van der Waals surface area contributed by atoms with Crippen LogP contribution < -0.4 is 22.1 Å². The van der Waals surface area contributed by atoms with Crippen LogP contribution in [0.2, 0.25) is 0 Å². The zero-order valence-electron chi connectivity index (χ0n) is 22.2. The summed E-state index contributed by atoms with van der Waals surface area (Å²) in [5.74, 6) is -1.40. The summed E-state index contributed by atoms with van der Waals surface area (Å²) in [5, 5.41) is 5.28. The maximum Gasteiger partial charge on any atom is 0.404 e. The molecule has 0 aromatic carbocycles. The Bertz CT molecular complexity index is 863. The Kier molecular flexibility index (Phi) is 9.07. The minimum atomic E-state index is -1.06. The molecule has 0 saturated heterocycles. The van der Waals surface area contributed by atoms with Crippen molar-refractivity contribution in [2.45, 2.75) is 103 Å². The minimum Gasteiger partial charge on any atom is -0.453 e. The number of hydrogen-bond donors (Lipinski definition) is 4. The summed E-state index contributed by atoms with van der Waals surface area (Å²) in [5.41, 5.74) is 9.54. The maximum atomic E-state index is 13.4. The second-order valence-electron chi connectivity index (χ2n) is 12.3. The fourth-order valence-corrected chi connectivity index (χ4v) is 6.91. The van der Waals surface area contributed by atoms with E-state index in [0.29, 0.717) is 37.0 Å². The van der Waals surface area contributed by atoms with Crippen LogP contribution >= 0.6 is 0 Å². The van der Waals surface area contributed by atoms with Crippen molar-refractivity contribution in [1.82, 2.24) is 10.6 Å². The van der Waals surface area contributed by atoms with Crippen molar-refractivity contribution in [3.8, 4) is 0 Å². The number of nitrogens with one attached hydrogen (secondary N) is 2. The zero-order chi connectivity index (χ0) is 27.4. The highest BCUT2D eigenvalue weighted by Gasteiger charge is 2.52. The third-order valence-corrected chi connectivity index (χ3v) is 7.80. The lowest BCUT2D eigenvalue weighted by molar-refractivity contribution is -0.164. The molecule has 6 N–H and O–H groups in total. The molecule has 37 heavy (non-hydrogen) atoms. The predicted molar refractivity (Wildman–Crippen MR) is 134 cm³/mol. The Hall–Kier alpha value is -2.85. The molecule has 0 heterocycles. The Morgan fingerprint density at radius 3 is 1.95 bits per heavy atom. The first-order valence-electron chi connectivity index (χ1n) is 13.3. The molecule has 4 aliphatic rings. The van der Waals surface area contributed by atoms with E-state index in [2.05, 4.69) is 15.4 Å². The van der Waals surface area contributed by atoms with Crippen molar-refractivity contribution in [3.05, 3.63) is 0 Å². The lowest BCUT2D eigenvalue weighted by atomic mass is 9.48. The number of primary amides is 2. The second-order valence-corrected chi connectivity index (χ2v) is 12.3. The van der Waals surface area contributed by atoms with Gasteiger partial charge in [0.25, 0.3) is 0 Å². The number of carbonyl (C=O) groups excluding carboxylic acids is 5. The van der Waals surface area contributed by atoms with E-state index in [1.54, 1.807) is 20.8 Å². The van der Waals surface area contributed by atoms with E-state index in [0.717, 1.165) is 19.3 Å². The number of unbranched alkanes of at least 4 members (excludes halogenated alkanes) is 1. The number of hydrogen-bond acceptors (Lipinski definition) is 7. The molecule has 4 rings (SSSR count). The van der Waals surface area contributed by atoms with E-state index >= 15 is 0 Å². The molecule has 4 amide bonds. The second kappa shape index (κ2) is 11.7. The lowest BCUT2D eigenvalue weighted by Crippen LogP contribution is -2.57. The first-order chi connectivity index (χ1) is 17.2. The monoisotopic (exact) mass is 522 g/mol. The van der Waals surface area contributed by atoms with Crippen LogP contribution in [0.25, 0.3) is 0 Å². The van der Waals surface area contributed by atoms with Crippen LogP contribution in [0, 0.1) is 23.2 Å². The summed E-state index contributed by atoms with van der Waals surface area (Å²) < 4.78 is 9.87. The molecule has 4 saturated carbocycles. The van der Waals surface area contributed by atoms with Gasteiger partial charge in [-0.25, -0.2) is 9.59 Å². The third kappa shape index (κ3) is 8.33. The molecule has 4 fully saturated rings. The van der Waals surface area contributed by atoms with Crippen LogP contribution in [-0.2, 0) is 28.7 Å². The molecule has 11 heteroatoms. The predicted octanol–water partition coefficient (Wildman–Crippen LogP) is 1.66. The Morgan fingerprint density at radius 1 is 0.892 bits per heavy atom. The average Bonchev–Trinajstić information content (AvgIpc) is 2.74. The average molecular weight is 523 g/mol. The largest absolute Gasteiger partial charge is 0.453 e. The Morgan fingerprint density at radius 2 is 1.46 bits per heavy atom. The van der Waals surface area contributed by atoms with Crippen molar-refractivity contribution in [3.63, 3.8) is 0 Å². The van der Waals surface area contributed by atoms with Crippen LogP contribution in [0.15, 0.2) is 0 Å². The molecular weight excluding hydrogens is 480 g/mol. The van der Waals surface area contributed by atoms with E-state index < -0.39 is 47.5 Å². The van der Waals surface area contributed by atoms with Crippen molar-refractivity contribution >= 4 is 29.8 Å². The van der Waals surface area contributed by atoms with Gasteiger partial charge in [0.1, 0.15) is 17.7 Å². The number of nitrogens with two attached hydrogens (primary N) is 2. The van der Waals surface area contributed by atoms with Crippen LogP contribution in [0.5, 0.6) is 0 Å². The number of esters is 1. The summed E-state index contributed by atoms with van der Waals surface area (Å²) in [6, 6.07) is -1.98. The molecule has 208 valence electrons. The van der Waals surface area contributed by atoms with E-state index in [1.807, 2.05) is 0 Å². The summed E-state index contributed by atoms with van der Waals surface area (Å²) in [6.07, 6.45) is 7.32. The Balaban J connectivity index is 1.69. The maximum absolute atomic E-state index is 13.4. The molecule has 0 unspecified atom stereocenters. The zero-order valence-corrected chi connectivity index (χ0v) is 22.2.